The van der Waals surface area contributed by atoms with Gasteiger partial charge in [0.1, 0.15) is 16.8 Å². The Labute approximate surface area is 115 Å². The van der Waals surface area contributed by atoms with Crippen LogP contribution in [-0.4, -0.2) is 25.5 Å². The second kappa shape index (κ2) is 5.27. The molecule has 0 atom stereocenters. The maximum Gasteiger partial charge on any atom is 0.534 e. The molecular formula is C11H17F3O5S. The summed E-state index contributed by atoms with van der Waals surface area (Å²) in [5, 5.41) is 0. The van der Waals surface area contributed by atoms with Crippen LogP contribution in [0.2, 0.25) is 0 Å². The maximum absolute atomic E-state index is 12.2. The normalized spacial score (nSPS) is 13.8. The molecule has 0 saturated heterocycles. The van der Waals surface area contributed by atoms with Gasteiger partial charge in [-0.15, -0.1) is 0 Å². The molecule has 0 aromatic carbocycles. The molecule has 0 N–H and O–H groups in total. The van der Waals surface area contributed by atoms with Gasteiger partial charge in [-0.05, 0) is 34.6 Å². The molecule has 20 heavy (non-hydrogen) atoms. The number of esters is 1. The third-order valence-electron chi connectivity index (χ3n) is 2.10. The summed E-state index contributed by atoms with van der Waals surface area (Å²) >= 11 is 0. The third-order valence-corrected chi connectivity index (χ3v) is 3.09. The Hall–Kier alpha value is -1.25. The third kappa shape index (κ3) is 4.69. The lowest BCUT2D eigenvalue weighted by Crippen LogP contribution is -2.37. The highest BCUT2D eigenvalue weighted by atomic mass is 32.2. The Morgan fingerprint density at radius 2 is 1.45 bits per heavy atom. The molecule has 0 fully saturated rings. The predicted octanol–water partition coefficient (Wildman–Crippen LogP) is 2.73. The van der Waals surface area contributed by atoms with Crippen LogP contribution >= 0.6 is 0 Å². The van der Waals surface area contributed by atoms with Crippen LogP contribution in [0.25, 0.3) is 0 Å². The van der Waals surface area contributed by atoms with Crippen LogP contribution in [0.5, 0.6) is 0 Å². The van der Waals surface area contributed by atoms with Crippen molar-refractivity contribution >= 4 is 16.1 Å². The van der Waals surface area contributed by atoms with Gasteiger partial charge in [-0.2, -0.15) is 21.6 Å². The van der Waals surface area contributed by atoms with Crippen molar-refractivity contribution in [1.82, 2.24) is 0 Å². The zero-order valence-electron chi connectivity index (χ0n) is 11.8. The number of ether oxygens (including phenoxy) is 1. The van der Waals surface area contributed by atoms with Gasteiger partial charge in [-0.25, -0.2) is 0 Å². The van der Waals surface area contributed by atoms with Crippen molar-refractivity contribution in [1.29, 1.82) is 0 Å². The number of carbonyl (C=O) groups excluding carboxylic acids is 1. The second-order valence-electron chi connectivity index (χ2n) is 5.53. The van der Waals surface area contributed by atoms with Crippen molar-refractivity contribution in [2.75, 3.05) is 0 Å². The summed E-state index contributed by atoms with van der Waals surface area (Å²) in [6, 6.07) is 0. The van der Waals surface area contributed by atoms with Gasteiger partial charge < -0.3 is 8.92 Å². The highest BCUT2D eigenvalue weighted by molar-refractivity contribution is 7.87. The fourth-order valence-corrected chi connectivity index (χ4v) is 1.37. The van der Waals surface area contributed by atoms with E-state index in [0.29, 0.717) is 0 Å². The van der Waals surface area contributed by atoms with E-state index in [1.165, 1.54) is 0 Å². The van der Waals surface area contributed by atoms with Gasteiger partial charge in [-0.3, -0.25) is 4.79 Å². The first-order valence-corrected chi connectivity index (χ1v) is 6.85. The van der Waals surface area contributed by atoms with Crippen LogP contribution in [0.1, 0.15) is 34.6 Å². The van der Waals surface area contributed by atoms with E-state index in [-0.39, 0.29) is 0 Å². The van der Waals surface area contributed by atoms with Crippen LogP contribution in [0.3, 0.4) is 0 Å². The molecule has 0 aliphatic carbocycles. The van der Waals surface area contributed by atoms with E-state index in [2.05, 4.69) is 10.8 Å². The van der Waals surface area contributed by atoms with Gasteiger partial charge in [0.2, 0.25) is 0 Å². The Bertz CT molecular complexity index is 497. The lowest BCUT2D eigenvalue weighted by atomic mass is 9.91. The monoisotopic (exact) mass is 318 g/mol. The minimum absolute atomic E-state index is 0.871. The summed E-state index contributed by atoms with van der Waals surface area (Å²) in [5.41, 5.74) is -8.25. The molecule has 0 aromatic heterocycles. The summed E-state index contributed by atoms with van der Waals surface area (Å²) in [6.07, 6.45) is 0. The average molecular weight is 318 g/mol. The summed E-state index contributed by atoms with van der Waals surface area (Å²) < 4.78 is 67.1. The van der Waals surface area contributed by atoms with E-state index in [0.717, 1.165) is 13.8 Å². The molecule has 0 heterocycles. The Morgan fingerprint density at radius 1 is 1.05 bits per heavy atom. The maximum atomic E-state index is 12.2. The lowest BCUT2D eigenvalue weighted by molar-refractivity contribution is -0.164. The van der Waals surface area contributed by atoms with E-state index in [9.17, 15) is 26.4 Å². The minimum Gasteiger partial charge on any atom is -0.459 e. The zero-order valence-corrected chi connectivity index (χ0v) is 12.6. The van der Waals surface area contributed by atoms with Crippen molar-refractivity contribution in [3.05, 3.63) is 12.3 Å². The molecule has 0 unspecified atom stereocenters. The minimum atomic E-state index is -5.86. The molecule has 9 heteroatoms. The van der Waals surface area contributed by atoms with Crippen molar-refractivity contribution in [3.8, 4) is 0 Å². The number of carbonyl (C=O) groups is 1. The number of rotatable bonds is 4. The second-order valence-corrected chi connectivity index (χ2v) is 7.07. The molecular weight excluding hydrogens is 301 g/mol. The van der Waals surface area contributed by atoms with E-state index < -0.39 is 38.4 Å². The molecule has 5 nitrogen and oxygen atoms in total. The molecule has 0 saturated carbocycles. The summed E-state index contributed by atoms with van der Waals surface area (Å²) in [4.78, 5) is 11.8. The van der Waals surface area contributed by atoms with Gasteiger partial charge in [0, 0.05) is 0 Å². The van der Waals surface area contributed by atoms with Gasteiger partial charge in [0.15, 0.2) is 0 Å². The summed E-state index contributed by atoms with van der Waals surface area (Å²) in [5.74, 6) is -1.82. The van der Waals surface area contributed by atoms with Gasteiger partial charge >= 0.3 is 21.6 Å². The quantitative estimate of drug-likeness (QED) is 0.345. The van der Waals surface area contributed by atoms with Crippen molar-refractivity contribution in [2.24, 2.45) is 5.41 Å². The number of hydrogen-bond acceptors (Lipinski definition) is 5. The lowest BCUT2D eigenvalue weighted by Gasteiger charge is -2.29. The van der Waals surface area contributed by atoms with E-state index in [1.54, 1.807) is 20.8 Å². The molecule has 0 aliphatic rings. The zero-order chi connectivity index (χ0) is 16.6. The smallest absolute Gasteiger partial charge is 0.459 e. The molecule has 0 radical (unpaired) electrons. The molecule has 0 aromatic rings. The summed E-state index contributed by atoms with van der Waals surface area (Å²) in [7, 11) is -5.86. The Balaban J connectivity index is 5.17. The van der Waals surface area contributed by atoms with Crippen molar-refractivity contribution < 1.29 is 35.3 Å². The topological polar surface area (TPSA) is 69.7 Å². The molecule has 118 valence electrons. The first-order valence-electron chi connectivity index (χ1n) is 5.44. The van der Waals surface area contributed by atoms with E-state index >= 15 is 0 Å². The average Bonchev–Trinajstić information content (AvgIpc) is 2.11. The first kappa shape index (κ1) is 18.8. The molecule has 0 aliphatic heterocycles. The van der Waals surface area contributed by atoms with Crippen LogP contribution in [-0.2, 0) is 23.8 Å². The van der Waals surface area contributed by atoms with Crippen LogP contribution in [0.4, 0.5) is 13.2 Å². The number of halogens is 3. The highest BCUT2D eigenvalue weighted by Gasteiger charge is 2.50. The van der Waals surface area contributed by atoms with Gasteiger partial charge in [-0.1, -0.05) is 6.58 Å². The van der Waals surface area contributed by atoms with Crippen LogP contribution in [0.15, 0.2) is 12.3 Å². The number of hydrogen-bond donors (Lipinski definition) is 0. The van der Waals surface area contributed by atoms with Crippen LogP contribution in [0, 0.1) is 5.41 Å². The molecule has 0 rings (SSSR count). The van der Waals surface area contributed by atoms with Gasteiger partial charge in [0.05, 0.1) is 0 Å². The number of alkyl halides is 3. The fraction of sp³-hybridized carbons (Fsp3) is 0.727. The van der Waals surface area contributed by atoms with E-state index in [4.69, 9.17) is 4.74 Å². The van der Waals surface area contributed by atoms with E-state index in [1.807, 2.05) is 0 Å². The largest absolute Gasteiger partial charge is 0.534 e. The predicted molar refractivity (Wildman–Crippen MR) is 64.8 cm³/mol. The molecule has 0 amide bonds. The summed E-state index contributed by atoms with van der Waals surface area (Å²) in [6.45, 7) is 10.0. The molecule has 0 spiro atoms. The fourth-order valence-electron chi connectivity index (χ4n) is 0.803. The van der Waals surface area contributed by atoms with Crippen molar-refractivity contribution in [2.45, 2.75) is 45.7 Å². The SMILES string of the molecule is C=C(OS(=O)(=O)C(F)(F)F)C(C)(C)C(=O)OC(C)(C)C. The first-order chi connectivity index (χ1) is 8.51. The van der Waals surface area contributed by atoms with Gasteiger partial charge in [0.25, 0.3) is 0 Å². The Morgan fingerprint density at radius 3 is 1.75 bits per heavy atom. The van der Waals surface area contributed by atoms with Crippen molar-refractivity contribution in [3.63, 3.8) is 0 Å². The molecule has 0 bridgehead atoms. The Kier molecular flexibility index (Phi) is 4.94. The standard InChI is InChI=1S/C11H17F3O5S/c1-7(19-20(16,17)11(12,13)14)10(5,6)8(15)18-9(2,3)4/h1H2,2-6H3. The highest BCUT2D eigenvalue weighted by Crippen LogP contribution is 2.34. The van der Waals surface area contributed by atoms with Crippen LogP contribution < -0.4 is 0 Å².